The summed E-state index contributed by atoms with van der Waals surface area (Å²) in [5, 5.41) is 6.54. The maximum atomic E-state index is 4.96. The summed E-state index contributed by atoms with van der Waals surface area (Å²) in [5.41, 5.74) is 0. The van der Waals surface area contributed by atoms with E-state index in [1.807, 2.05) is 11.6 Å². The molecule has 0 saturated carbocycles. The summed E-state index contributed by atoms with van der Waals surface area (Å²) >= 11 is 1.69. The summed E-state index contributed by atoms with van der Waals surface area (Å²) in [5.74, 6) is 0. The number of thiazole rings is 1. The van der Waals surface area contributed by atoms with Gasteiger partial charge in [-0.1, -0.05) is 0 Å². The highest BCUT2D eigenvalue weighted by molar-refractivity contribution is 7.09. The molecule has 1 atom stereocenters. The number of hydrogen-bond donors (Lipinski definition) is 1. The van der Waals surface area contributed by atoms with Crippen LogP contribution in [0.1, 0.15) is 24.4 Å². The summed E-state index contributed by atoms with van der Waals surface area (Å²) in [7, 11) is 1.73. The third-order valence-corrected chi connectivity index (χ3v) is 2.76. The lowest BCUT2D eigenvalue weighted by molar-refractivity contribution is 0.193. The van der Waals surface area contributed by atoms with Crippen LogP contribution in [0.2, 0.25) is 0 Å². The van der Waals surface area contributed by atoms with Crippen molar-refractivity contribution in [3.63, 3.8) is 0 Å². The highest BCUT2D eigenvalue weighted by Crippen LogP contribution is 2.13. The van der Waals surface area contributed by atoms with E-state index in [2.05, 4.69) is 17.2 Å². The molecule has 0 radical (unpaired) electrons. The molecule has 1 aromatic rings. The highest BCUT2D eigenvalue weighted by atomic mass is 32.1. The quantitative estimate of drug-likeness (QED) is 0.711. The molecule has 13 heavy (non-hydrogen) atoms. The number of ether oxygens (including phenoxy) is 1. The Morgan fingerprint density at radius 3 is 3.15 bits per heavy atom. The molecule has 1 N–H and O–H groups in total. The van der Waals surface area contributed by atoms with Gasteiger partial charge in [-0.3, -0.25) is 0 Å². The molecule has 0 saturated heterocycles. The van der Waals surface area contributed by atoms with Crippen LogP contribution in [0.15, 0.2) is 11.6 Å². The summed E-state index contributed by atoms with van der Waals surface area (Å²) < 4.78 is 4.96. The van der Waals surface area contributed by atoms with Gasteiger partial charge >= 0.3 is 0 Å². The molecule has 0 aliphatic rings. The number of methoxy groups -OCH3 is 1. The van der Waals surface area contributed by atoms with Gasteiger partial charge in [-0.25, -0.2) is 4.98 Å². The van der Waals surface area contributed by atoms with Crippen LogP contribution >= 0.6 is 11.3 Å². The highest BCUT2D eigenvalue weighted by Gasteiger charge is 2.05. The lowest BCUT2D eigenvalue weighted by Gasteiger charge is -2.10. The lowest BCUT2D eigenvalue weighted by atomic mass is 10.3. The normalized spacial score (nSPS) is 13.1. The average Bonchev–Trinajstić information content (AvgIpc) is 2.65. The zero-order valence-electron chi connectivity index (χ0n) is 8.12. The first-order valence-corrected chi connectivity index (χ1v) is 5.34. The Morgan fingerprint density at radius 1 is 1.69 bits per heavy atom. The van der Waals surface area contributed by atoms with Crippen LogP contribution in [0.3, 0.4) is 0 Å². The largest absolute Gasteiger partial charge is 0.385 e. The number of nitrogens with one attached hydrogen (secondary N) is 1. The van der Waals surface area contributed by atoms with E-state index in [9.17, 15) is 0 Å². The van der Waals surface area contributed by atoms with Gasteiger partial charge in [0.1, 0.15) is 5.01 Å². The Hall–Kier alpha value is -0.450. The Balaban J connectivity index is 2.15. The molecular formula is C9H16N2OS. The third kappa shape index (κ3) is 3.85. The van der Waals surface area contributed by atoms with E-state index in [4.69, 9.17) is 4.74 Å². The Bertz CT molecular complexity index is 213. The van der Waals surface area contributed by atoms with Crippen LogP contribution in [0.4, 0.5) is 0 Å². The van der Waals surface area contributed by atoms with Crippen LogP contribution in [0.25, 0.3) is 0 Å². The molecule has 1 aromatic heterocycles. The van der Waals surface area contributed by atoms with E-state index in [-0.39, 0.29) is 0 Å². The fourth-order valence-electron chi connectivity index (χ4n) is 1.07. The van der Waals surface area contributed by atoms with E-state index >= 15 is 0 Å². The molecular weight excluding hydrogens is 184 g/mol. The minimum absolute atomic E-state index is 0.358. The molecule has 4 heteroatoms. The predicted octanol–water partition coefficient (Wildman–Crippen LogP) is 1.83. The van der Waals surface area contributed by atoms with Crippen LogP contribution in [0.5, 0.6) is 0 Å². The Kier molecular flexibility index (Phi) is 4.97. The molecule has 74 valence electrons. The molecule has 0 aromatic carbocycles. The molecule has 1 unspecified atom stereocenters. The smallest absolute Gasteiger partial charge is 0.109 e. The zero-order chi connectivity index (χ0) is 9.52. The Morgan fingerprint density at radius 2 is 2.54 bits per heavy atom. The van der Waals surface area contributed by atoms with Crippen LogP contribution in [-0.2, 0) is 4.74 Å². The lowest BCUT2D eigenvalue weighted by Crippen LogP contribution is -2.20. The van der Waals surface area contributed by atoms with E-state index in [0.717, 1.165) is 24.6 Å². The van der Waals surface area contributed by atoms with Crippen LogP contribution in [-0.4, -0.2) is 25.2 Å². The number of aromatic nitrogens is 1. The summed E-state index contributed by atoms with van der Waals surface area (Å²) in [6, 6.07) is 0.358. The van der Waals surface area contributed by atoms with E-state index < -0.39 is 0 Å². The van der Waals surface area contributed by atoms with Crippen molar-refractivity contribution >= 4 is 11.3 Å². The number of nitrogens with zero attached hydrogens (tertiary/aromatic N) is 1. The molecule has 0 aliphatic carbocycles. The molecule has 1 rings (SSSR count). The standard InChI is InChI=1S/C9H16N2OS/c1-8(9-11-5-7-13-9)10-4-3-6-12-2/h5,7-8,10H,3-4,6H2,1-2H3. The zero-order valence-corrected chi connectivity index (χ0v) is 8.93. The molecule has 0 aliphatic heterocycles. The molecule has 0 amide bonds. The fourth-order valence-corrected chi connectivity index (χ4v) is 1.74. The first-order chi connectivity index (χ1) is 6.34. The average molecular weight is 200 g/mol. The minimum Gasteiger partial charge on any atom is -0.385 e. The van der Waals surface area contributed by atoms with Gasteiger partial charge in [0.15, 0.2) is 0 Å². The van der Waals surface area contributed by atoms with Crippen molar-refractivity contribution in [3.05, 3.63) is 16.6 Å². The van der Waals surface area contributed by atoms with Gasteiger partial charge in [0.05, 0.1) is 6.04 Å². The monoisotopic (exact) mass is 200 g/mol. The van der Waals surface area contributed by atoms with Crippen molar-refractivity contribution in [2.24, 2.45) is 0 Å². The van der Waals surface area contributed by atoms with Crippen molar-refractivity contribution in [3.8, 4) is 0 Å². The fraction of sp³-hybridized carbons (Fsp3) is 0.667. The molecule has 0 bridgehead atoms. The maximum absolute atomic E-state index is 4.96. The first kappa shape index (κ1) is 10.6. The summed E-state index contributed by atoms with van der Waals surface area (Å²) in [4.78, 5) is 4.24. The predicted molar refractivity (Wildman–Crippen MR) is 55.0 cm³/mol. The van der Waals surface area contributed by atoms with Gasteiger partial charge in [-0.15, -0.1) is 11.3 Å². The SMILES string of the molecule is COCCCNC(C)c1nccs1. The van der Waals surface area contributed by atoms with Crippen molar-refractivity contribution in [2.45, 2.75) is 19.4 Å². The second-order valence-electron chi connectivity index (χ2n) is 2.89. The topological polar surface area (TPSA) is 34.1 Å². The van der Waals surface area contributed by atoms with Gasteiger partial charge < -0.3 is 10.1 Å². The van der Waals surface area contributed by atoms with Gasteiger partial charge in [0.2, 0.25) is 0 Å². The third-order valence-electron chi connectivity index (χ3n) is 1.80. The van der Waals surface area contributed by atoms with Crippen molar-refractivity contribution in [2.75, 3.05) is 20.3 Å². The van der Waals surface area contributed by atoms with E-state index in [1.54, 1.807) is 18.4 Å². The minimum atomic E-state index is 0.358. The van der Waals surface area contributed by atoms with Crippen molar-refractivity contribution in [1.82, 2.24) is 10.3 Å². The summed E-state index contributed by atoms with van der Waals surface area (Å²) in [6.07, 6.45) is 2.89. The molecule has 3 nitrogen and oxygen atoms in total. The number of hydrogen-bond acceptors (Lipinski definition) is 4. The maximum Gasteiger partial charge on any atom is 0.109 e. The molecule has 1 heterocycles. The molecule has 0 spiro atoms. The second-order valence-corrected chi connectivity index (χ2v) is 3.82. The first-order valence-electron chi connectivity index (χ1n) is 4.46. The van der Waals surface area contributed by atoms with E-state index in [0.29, 0.717) is 6.04 Å². The number of rotatable bonds is 6. The van der Waals surface area contributed by atoms with Gasteiger partial charge in [0.25, 0.3) is 0 Å². The van der Waals surface area contributed by atoms with Gasteiger partial charge in [-0.05, 0) is 19.9 Å². The van der Waals surface area contributed by atoms with Crippen LogP contribution in [0, 0.1) is 0 Å². The van der Waals surface area contributed by atoms with Crippen LogP contribution < -0.4 is 5.32 Å². The van der Waals surface area contributed by atoms with Crippen molar-refractivity contribution in [1.29, 1.82) is 0 Å². The summed E-state index contributed by atoms with van der Waals surface area (Å²) in [6.45, 7) is 3.93. The van der Waals surface area contributed by atoms with Crippen molar-refractivity contribution < 1.29 is 4.74 Å². The van der Waals surface area contributed by atoms with E-state index in [1.165, 1.54) is 0 Å². The molecule has 0 fully saturated rings. The Labute approximate surface area is 83.1 Å². The van der Waals surface area contributed by atoms with Gasteiger partial charge in [0, 0.05) is 25.3 Å². The van der Waals surface area contributed by atoms with Gasteiger partial charge in [-0.2, -0.15) is 0 Å². The second kappa shape index (κ2) is 6.07.